The first-order chi connectivity index (χ1) is 6.92. The summed E-state index contributed by atoms with van der Waals surface area (Å²) >= 11 is 0. The average Bonchev–Trinajstić information content (AvgIpc) is 2.16. The summed E-state index contributed by atoms with van der Waals surface area (Å²) in [6, 6.07) is 0. The van der Waals surface area contributed by atoms with Crippen LogP contribution in [0.3, 0.4) is 0 Å². The van der Waals surface area contributed by atoms with Crippen LogP contribution in [0.25, 0.3) is 0 Å². The maximum atomic E-state index is 12.4. The maximum absolute atomic E-state index is 12.4. The molecule has 0 heterocycles. The van der Waals surface area contributed by atoms with Gasteiger partial charge in [0.15, 0.2) is 0 Å². The largest absolute Gasteiger partial charge is 0.476 e. The second-order valence-corrected chi connectivity index (χ2v) is 2.35. The number of carbonyl (C=O) groups is 2. The monoisotopic (exact) mass is 244 g/mol. The molecule has 0 rings (SSSR count). The van der Waals surface area contributed by atoms with E-state index in [1.165, 1.54) is 0 Å². The molecule has 0 amide bonds. The molecule has 0 aliphatic rings. The van der Waals surface area contributed by atoms with Crippen LogP contribution in [0.1, 0.15) is 7.43 Å². The molecule has 0 atom stereocenters. The molecule has 2 N–H and O–H groups in total. The van der Waals surface area contributed by atoms with Gasteiger partial charge in [-0.25, -0.2) is 9.59 Å². The number of rotatable bonds is 7. The molecule has 0 unspecified atom stereocenters. The van der Waals surface area contributed by atoms with E-state index in [0.717, 1.165) is 0 Å². The van der Waals surface area contributed by atoms with E-state index in [4.69, 9.17) is 10.2 Å². The zero-order chi connectivity index (χ0) is 11.9. The third-order valence-corrected chi connectivity index (χ3v) is 1.22. The first-order valence-corrected chi connectivity index (χ1v) is 3.90. The zero-order valence-electron chi connectivity index (χ0n) is 7.61. The molecule has 0 aliphatic heterocycles. The molecule has 0 aromatic rings. The van der Waals surface area contributed by atoms with Gasteiger partial charge < -0.3 is 19.7 Å². The van der Waals surface area contributed by atoms with Crippen LogP contribution in [0.5, 0.6) is 0 Å². The van der Waals surface area contributed by atoms with E-state index in [9.17, 15) is 18.4 Å². The second kappa shape index (κ2) is 7.94. The summed E-state index contributed by atoms with van der Waals surface area (Å²) in [6.07, 6.45) is 0. The van der Waals surface area contributed by atoms with Gasteiger partial charge in [0, 0.05) is 0 Å². The molecular formula is C8H14F2O6. The lowest BCUT2D eigenvalue weighted by Crippen LogP contribution is -2.39. The van der Waals surface area contributed by atoms with Crippen molar-refractivity contribution in [2.45, 2.75) is 13.3 Å². The number of esters is 1. The lowest BCUT2D eigenvalue weighted by molar-refractivity contribution is -0.187. The molecule has 6 nitrogen and oxygen atoms in total. The molecule has 0 saturated carbocycles. The van der Waals surface area contributed by atoms with E-state index in [-0.39, 0.29) is 27.2 Å². The Kier molecular flexibility index (Phi) is 8.50. The average molecular weight is 244 g/mol. The number of ether oxygens (including phenoxy) is 2. The molecule has 0 aromatic heterocycles. The molecule has 0 spiro atoms. The van der Waals surface area contributed by atoms with Crippen LogP contribution >= 0.6 is 0 Å². The summed E-state index contributed by atoms with van der Waals surface area (Å²) in [7, 11) is 0. The van der Waals surface area contributed by atoms with Gasteiger partial charge >= 0.3 is 17.9 Å². The van der Waals surface area contributed by atoms with Gasteiger partial charge in [0.05, 0.1) is 19.8 Å². The quantitative estimate of drug-likeness (QED) is 0.369. The number of halogens is 2. The number of aliphatic hydroxyl groups excluding tert-OH is 1. The summed E-state index contributed by atoms with van der Waals surface area (Å²) < 4.78 is 33.2. The highest BCUT2D eigenvalue weighted by atomic mass is 19.3. The lowest BCUT2D eigenvalue weighted by Gasteiger charge is -2.10. The fourth-order valence-corrected chi connectivity index (χ4v) is 0.538. The van der Waals surface area contributed by atoms with Crippen LogP contribution in [-0.4, -0.2) is 54.5 Å². The zero-order valence-corrected chi connectivity index (χ0v) is 7.61. The van der Waals surface area contributed by atoms with Gasteiger partial charge in [-0.3, -0.25) is 0 Å². The van der Waals surface area contributed by atoms with Crippen molar-refractivity contribution in [3.05, 3.63) is 0 Å². The van der Waals surface area contributed by atoms with Gasteiger partial charge in [0.25, 0.3) is 0 Å². The van der Waals surface area contributed by atoms with Crippen molar-refractivity contribution in [3.8, 4) is 0 Å². The third kappa shape index (κ3) is 5.56. The SMILES string of the molecule is C.O=C(O)C(F)(F)C(=O)OCCOCCO. The molecule has 0 saturated heterocycles. The van der Waals surface area contributed by atoms with E-state index >= 15 is 0 Å². The maximum Gasteiger partial charge on any atom is 0.437 e. The minimum Gasteiger partial charge on any atom is -0.476 e. The van der Waals surface area contributed by atoms with Crippen LogP contribution < -0.4 is 0 Å². The van der Waals surface area contributed by atoms with Crippen molar-refractivity contribution in [2.24, 2.45) is 0 Å². The molecule has 16 heavy (non-hydrogen) atoms. The topological polar surface area (TPSA) is 93.1 Å². The van der Waals surface area contributed by atoms with Gasteiger partial charge in [0.1, 0.15) is 6.61 Å². The number of hydrogen-bond donors (Lipinski definition) is 2. The predicted molar refractivity (Wildman–Crippen MR) is 48.2 cm³/mol. The number of alkyl halides is 2. The van der Waals surface area contributed by atoms with Crippen molar-refractivity contribution in [1.82, 2.24) is 0 Å². The number of carboxylic acid groups (broad SMARTS) is 1. The van der Waals surface area contributed by atoms with Crippen LogP contribution in [-0.2, 0) is 19.1 Å². The summed E-state index contributed by atoms with van der Waals surface area (Å²) in [5.41, 5.74) is 0. The molecule has 0 aromatic carbocycles. The van der Waals surface area contributed by atoms with Crippen LogP contribution in [0.15, 0.2) is 0 Å². The highest BCUT2D eigenvalue weighted by Gasteiger charge is 2.49. The first kappa shape index (κ1) is 17.1. The smallest absolute Gasteiger partial charge is 0.437 e. The molecule has 96 valence electrons. The van der Waals surface area contributed by atoms with Crippen LogP contribution in [0.2, 0.25) is 0 Å². The Labute approximate surface area is 90.8 Å². The molecule has 0 radical (unpaired) electrons. The Hall–Kier alpha value is -1.28. The first-order valence-electron chi connectivity index (χ1n) is 3.90. The van der Waals surface area contributed by atoms with Crippen molar-refractivity contribution >= 4 is 11.9 Å². The predicted octanol–water partition coefficient (Wildman–Crippen LogP) is -0.106. The normalized spacial score (nSPS) is 10.4. The number of hydrogen-bond acceptors (Lipinski definition) is 5. The Morgan fingerprint density at radius 3 is 2.19 bits per heavy atom. The van der Waals surface area contributed by atoms with E-state index in [1.807, 2.05) is 0 Å². The summed E-state index contributed by atoms with van der Waals surface area (Å²) in [4.78, 5) is 20.4. The lowest BCUT2D eigenvalue weighted by atomic mass is 10.3. The summed E-state index contributed by atoms with van der Waals surface area (Å²) in [6.45, 7) is -0.962. The Morgan fingerprint density at radius 1 is 1.19 bits per heavy atom. The fourth-order valence-electron chi connectivity index (χ4n) is 0.538. The minimum atomic E-state index is -4.54. The molecule has 0 fully saturated rings. The number of aliphatic hydroxyl groups is 1. The number of aliphatic carboxylic acids is 1. The van der Waals surface area contributed by atoms with Crippen molar-refractivity contribution in [1.29, 1.82) is 0 Å². The van der Waals surface area contributed by atoms with Crippen LogP contribution in [0.4, 0.5) is 8.78 Å². The summed E-state index contributed by atoms with van der Waals surface area (Å²) in [5, 5.41) is 16.2. The van der Waals surface area contributed by atoms with Crippen molar-refractivity contribution in [3.63, 3.8) is 0 Å². The van der Waals surface area contributed by atoms with E-state index in [1.54, 1.807) is 0 Å². The van der Waals surface area contributed by atoms with E-state index in [2.05, 4.69) is 9.47 Å². The fraction of sp³-hybridized carbons (Fsp3) is 0.750. The molecule has 0 bridgehead atoms. The third-order valence-electron chi connectivity index (χ3n) is 1.22. The highest BCUT2D eigenvalue weighted by molar-refractivity contribution is 6.00. The second-order valence-electron chi connectivity index (χ2n) is 2.35. The molecular weight excluding hydrogens is 230 g/mol. The summed E-state index contributed by atoms with van der Waals surface area (Å²) in [5.74, 6) is -9.25. The van der Waals surface area contributed by atoms with Crippen LogP contribution in [0, 0.1) is 0 Å². The van der Waals surface area contributed by atoms with Gasteiger partial charge in [-0.2, -0.15) is 8.78 Å². The Bertz CT molecular complexity index is 231. The Balaban J connectivity index is 0. The van der Waals surface area contributed by atoms with Gasteiger partial charge in [-0.05, 0) is 0 Å². The van der Waals surface area contributed by atoms with Gasteiger partial charge in [-0.1, -0.05) is 7.43 Å². The van der Waals surface area contributed by atoms with E-state index < -0.39 is 24.5 Å². The standard InChI is InChI=1S/C7H10F2O6.CH4/c8-7(9,5(11)12)6(13)15-4-3-14-2-1-10;/h10H,1-4H2,(H,11,12);1H4. The highest BCUT2D eigenvalue weighted by Crippen LogP contribution is 2.15. The van der Waals surface area contributed by atoms with E-state index in [0.29, 0.717) is 0 Å². The number of carboxylic acids is 1. The minimum absolute atomic E-state index is 0. The molecule has 0 aliphatic carbocycles. The van der Waals surface area contributed by atoms with Gasteiger partial charge in [0.2, 0.25) is 0 Å². The van der Waals surface area contributed by atoms with Crippen molar-refractivity contribution < 1.29 is 38.1 Å². The molecule has 8 heteroatoms. The number of carbonyl (C=O) groups excluding carboxylic acids is 1. The van der Waals surface area contributed by atoms with Crippen molar-refractivity contribution in [2.75, 3.05) is 26.4 Å². The van der Waals surface area contributed by atoms with Gasteiger partial charge in [-0.15, -0.1) is 0 Å². The Morgan fingerprint density at radius 2 is 1.75 bits per heavy atom.